The van der Waals surface area contributed by atoms with E-state index in [2.05, 4.69) is 4.98 Å². The average Bonchev–Trinajstić information content (AvgIpc) is 1.85. The normalized spacial score (nSPS) is 9.40. The quantitative estimate of drug-likeness (QED) is 0.386. The van der Waals surface area contributed by atoms with Crippen LogP contribution < -0.4 is 10.2 Å². The largest absolute Gasteiger partial charge is 0.481 e. The second-order valence-corrected chi connectivity index (χ2v) is 2.01. The van der Waals surface area contributed by atoms with Crippen molar-refractivity contribution in [3.05, 3.63) is 18.1 Å². The summed E-state index contributed by atoms with van der Waals surface area (Å²) in [6.45, 7) is 0. The highest BCUT2D eigenvalue weighted by Gasteiger charge is 1.96. The second kappa shape index (κ2) is 2.69. The zero-order valence-electron chi connectivity index (χ0n) is 5.89. The molecule has 0 spiro atoms. The number of pyridine rings is 1. The number of hydrogen-bond donors (Lipinski definition) is 0. The highest BCUT2D eigenvalue weighted by molar-refractivity contribution is 6.32. The van der Waals surface area contributed by atoms with E-state index < -0.39 is 5.95 Å². The summed E-state index contributed by atoms with van der Waals surface area (Å²) >= 11 is 0. The Morgan fingerprint density at radius 1 is 1.60 bits per heavy atom. The first-order valence-electron chi connectivity index (χ1n) is 2.90. The summed E-state index contributed by atoms with van der Waals surface area (Å²) in [6.07, 6.45) is 0. The molecule has 0 fully saturated rings. The van der Waals surface area contributed by atoms with Crippen molar-refractivity contribution in [1.29, 1.82) is 0 Å². The molecule has 1 heterocycles. The van der Waals surface area contributed by atoms with Crippen LogP contribution in [0.15, 0.2) is 12.1 Å². The first-order valence-corrected chi connectivity index (χ1v) is 2.90. The third kappa shape index (κ3) is 1.46. The van der Waals surface area contributed by atoms with Crippen molar-refractivity contribution >= 4 is 13.3 Å². The van der Waals surface area contributed by atoms with Gasteiger partial charge in [-0.3, -0.25) is 0 Å². The molecule has 4 heteroatoms. The maximum absolute atomic E-state index is 12.4. The van der Waals surface area contributed by atoms with E-state index in [1.54, 1.807) is 13.9 Å². The lowest BCUT2D eigenvalue weighted by Crippen LogP contribution is -2.05. The Morgan fingerprint density at radius 3 is 2.80 bits per heavy atom. The number of hydrogen-bond acceptors (Lipinski definition) is 2. The van der Waals surface area contributed by atoms with E-state index in [4.69, 9.17) is 4.74 Å². The molecule has 0 saturated heterocycles. The van der Waals surface area contributed by atoms with Crippen LogP contribution in [0, 0.1) is 5.95 Å². The van der Waals surface area contributed by atoms with Crippen LogP contribution in [0.25, 0.3) is 0 Å². The summed E-state index contributed by atoms with van der Waals surface area (Å²) in [6, 6.07) is 3.02. The number of aromatic nitrogens is 1. The fraction of sp³-hybridized carbons (Fsp3) is 0.167. The van der Waals surface area contributed by atoms with Crippen LogP contribution in [-0.2, 0) is 0 Å². The van der Waals surface area contributed by atoms with Gasteiger partial charge in [0, 0.05) is 0 Å². The molecular weight excluding hydrogens is 132 g/mol. The molecule has 1 rings (SSSR count). The number of nitrogens with zero attached hydrogens (tertiary/aromatic N) is 1. The Labute approximate surface area is 59.4 Å². The van der Waals surface area contributed by atoms with E-state index in [1.165, 1.54) is 13.2 Å². The molecule has 52 valence electrons. The van der Waals surface area contributed by atoms with E-state index in [0.29, 0.717) is 5.88 Å². The molecule has 0 atom stereocenters. The van der Waals surface area contributed by atoms with Crippen LogP contribution >= 0.6 is 0 Å². The van der Waals surface area contributed by atoms with Crippen molar-refractivity contribution in [3.8, 4) is 5.88 Å². The molecule has 0 N–H and O–H groups in total. The topological polar surface area (TPSA) is 22.1 Å². The highest BCUT2D eigenvalue weighted by Crippen LogP contribution is 2.01. The van der Waals surface area contributed by atoms with E-state index in [0.717, 1.165) is 5.46 Å². The molecule has 2 nitrogen and oxygen atoms in total. The molecule has 1 aromatic rings. The monoisotopic (exact) mass is 139 g/mol. The minimum absolute atomic E-state index is 0.317. The Hall–Kier alpha value is -1.06. The van der Waals surface area contributed by atoms with Gasteiger partial charge in [0.05, 0.1) is 7.11 Å². The fourth-order valence-electron chi connectivity index (χ4n) is 0.699. The van der Waals surface area contributed by atoms with Gasteiger partial charge in [-0.15, -0.1) is 0 Å². The van der Waals surface area contributed by atoms with Crippen molar-refractivity contribution in [1.82, 2.24) is 4.98 Å². The molecule has 10 heavy (non-hydrogen) atoms. The third-order valence-corrected chi connectivity index (χ3v) is 1.12. The average molecular weight is 139 g/mol. The number of methoxy groups -OCH3 is 1. The van der Waals surface area contributed by atoms with Gasteiger partial charge in [0.1, 0.15) is 7.85 Å². The van der Waals surface area contributed by atoms with Gasteiger partial charge in [-0.25, -0.2) is 0 Å². The van der Waals surface area contributed by atoms with Crippen molar-refractivity contribution in [2.24, 2.45) is 0 Å². The molecule has 0 aliphatic heterocycles. The minimum Gasteiger partial charge on any atom is -0.481 e. The summed E-state index contributed by atoms with van der Waals surface area (Å²) in [5.41, 5.74) is 0.810. The van der Waals surface area contributed by atoms with E-state index >= 15 is 0 Å². The van der Waals surface area contributed by atoms with Gasteiger partial charge >= 0.3 is 0 Å². The van der Waals surface area contributed by atoms with Crippen LogP contribution in [0.4, 0.5) is 4.39 Å². The first-order chi connectivity index (χ1) is 4.72. The zero-order valence-corrected chi connectivity index (χ0v) is 5.89. The predicted octanol–water partition coefficient (Wildman–Crippen LogP) is -0.512. The number of ether oxygens (including phenoxy) is 1. The van der Waals surface area contributed by atoms with Gasteiger partial charge < -0.3 is 4.74 Å². The Balaban J connectivity index is 3.06. The lowest BCUT2D eigenvalue weighted by molar-refractivity contribution is 0.388. The van der Waals surface area contributed by atoms with E-state index in [9.17, 15) is 4.39 Å². The Bertz CT molecular complexity index is 221. The summed E-state index contributed by atoms with van der Waals surface area (Å²) < 4.78 is 17.1. The Kier molecular flexibility index (Phi) is 1.90. The number of rotatable bonds is 1. The van der Waals surface area contributed by atoms with Crippen molar-refractivity contribution in [3.63, 3.8) is 0 Å². The van der Waals surface area contributed by atoms with Crippen molar-refractivity contribution in [2.75, 3.05) is 7.11 Å². The van der Waals surface area contributed by atoms with Gasteiger partial charge in [-0.2, -0.15) is 9.37 Å². The van der Waals surface area contributed by atoms with Gasteiger partial charge in [-0.05, 0) is 12.1 Å². The van der Waals surface area contributed by atoms with Crippen LogP contribution in [0.2, 0.25) is 0 Å². The maximum Gasteiger partial charge on any atom is 0.215 e. The SMILES string of the molecule is Bc1cc(F)nc(OC)c1. The molecule has 0 unspecified atom stereocenters. The third-order valence-electron chi connectivity index (χ3n) is 1.12. The molecule has 0 amide bonds. The highest BCUT2D eigenvalue weighted by atomic mass is 19.1. The van der Waals surface area contributed by atoms with Crippen molar-refractivity contribution in [2.45, 2.75) is 0 Å². The lowest BCUT2D eigenvalue weighted by atomic mass is 9.98. The van der Waals surface area contributed by atoms with Gasteiger partial charge in [0.2, 0.25) is 11.8 Å². The summed E-state index contributed by atoms with van der Waals surface area (Å²) in [7, 11) is 3.24. The maximum atomic E-state index is 12.4. The van der Waals surface area contributed by atoms with Gasteiger partial charge in [0.15, 0.2) is 0 Å². The zero-order chi connectivity index (χ0) is 7.56. The van der Waals surface area contributed by atoms with Crippen LogP contribution in [0.1, 0.15) is 0 Å². The fourth-order valence-corrected chi connectivity index (χ4v) is 0.699. The summed E-state index contributed by atoms with van der Waals surface area (Å²) in [5.74, 6) is -0.186. The van der Waals surface area contributed by atoms with E-state index in [1.807, 2.05) is 0 Å². The minimum atomic E-state index is -0.503. The summed E-state index contributed by atoms with van der Waals surface area (Å²) in [5, 5.41) is 0. The molecule has 0 saturated carbocycles. The molecule has 1 aromatic heterocycles. The molecule has 0 radical (unpaired) electrons. The number of halogens is 1. The van der Waals surface area contributed by atoms with Crippen LogP contribution in [0.3, 0.4) is 0 Å². The first kappa shape index (κ1) is 7.06. The second-order valence-electron chi connectivity index (χ2n) is 2.01. The lowest BCUT2D eigenvalue weighted by Gasteiger charge is -1.98. The summed E-state index contributed by atoms with van der Waals surface area (Å²) in [4.78, 5) is 3.46. The smallest absolute Gasteiger partial charge is 0.215 e. The van der Waals surface area contributed by atoms with E-state index in [-0.39, 0.29) is 0 Å². The molecular formula is C6H7BFNO. The molecule has 0 bridgehead atoms. The molecule has 0 aliphatic rings. The standard InChI is InChI=1S/C6H7BFNO/c1-10-6-3-4(7)2-5(8)9-6/h2-3H,7H2,1H3. The van der Waals surface area contributed by atoms with Crippen LogP contribution in [-0.4, -0.2) is 19.9 Å². The predicted molar refractivity (Wildman–Crippen MR) is 38.9 cm³/mol. The Morgan fingerprint density at radius 2 is 2.30 bits per heavy atom. The molecule has 0 aromatic carbocycles. The molecule has 0 aliphatic carbocycles. The van der Waals surface area contributed by atoms with Crippen molar-refractivity contribution < 1.29 is 9.13 Å². The van der Waals surface area contributed by atoms with Crippen LogP contribution in [0.5, 0.6) is 5.88 Å². The van der Waals surface area contributed by atoms with Gasteiger partial charge in [-0.1, -0.05) is 5.46 Å². The van der Waals surface area contributed by atoms with Gasteiger partial charge in [0.25, 0.3) is 0 Å².